The van der Waals surface area contributed by atoms with E-state index in [1.165, 1.54) is 18.4 Å². The summed E-state index contributed by atoms with van der Waals surface area (Å²) >= 11 is 0. The Morgan fingerprint density at radius 1 is 1.08 bits per heavy atom. The van der Waals surface area contributed by atoms with Gasteiger partial charge in [-0.1, -0.05) is 25.1 Å². The van der Waals surface area contributed by atoms with Crippen LogP contribution in [0.3, 0.4) is 0 Å². The molecule has 37 heavy (non-hydrogen) atoms. The minimum Gasteiger partial charge on any atom is -0.384 e. The van der Waals surface area contributed by atoms with E-state index in [0.29, 0.717) is 52.3 Å². The number of rotatable bonds is 7. The third-order valence-corrected chi connectivity index (χ3v) is 8.18. The molecule has 1 saturated carbocycles. The summed E-state index contributed by atoms with van der Waals surface area (Å²) in [5.41, 5.74) is 9.27. The fourth-order valence-corrected chi connectivity index (χ4v) is 5.68. The van der Waals surface area contributed by atoms with Gasteiger partial charge in [0, 0.05) is 29.9 Å². The summed E-state index contributed by atoms with van der Waals surface area (Å²) in [6.45, 7) is 4.62. The summed E-state index contributed by atoms with van der Waals surface area (Å²) in [6.07, 6.45) is 7.19. The Balaban J connectivity index is 1.26. The van der Waals surface area contributed by atoms with Gasteiger partial charge in [0.25, 0.3) is 0 Å². The van der Waals surface area contributed by atoms with Crippen molar-refractivity contribution in [2.24, 2.45) is 0 Å². The molecule has 2 aliphatic rings. The van der Waals surface area contributed by atoms with Crippen LogP contribution in [0.25, 0.3) is 16.9 Å². The third-order valence-electron chi connectivity index (χ3n) is 8.18. The highest BCUT2D eigenvalue weighted by Crippen LogP contribution is 2.45. The molecule has 192 valence electrons. The number of likely N-dealkylation sites (tertiary alicyclic amines) is 1. The molecule has 4 aromatic rings. The molecule has 3 aromatic heterocycles. The van der Waals surface area contributed by atoms with E-state index in [1.54, 1.807) is 16.8 Å². The molecule has 1 aliphatic carbocycles. The van der Waals surface area contributed by atoms with E-state index in [4.69, 9.17) is 10.7 Å². The van der Waals surface area contributed by atoms with E-state index in [9.17, 15) is 0 Å². The van der Waals surface area contributed by atoms with Gasteiger partial charge in [0.15, 0.2) is 11.5 Å². The Morgan fingerprint density at radius 2 is 1.86 bits per heavy atom. The Morgan fingerprint density at radius 3 is 2.54 bits per heavy atom. The largest absolute Gasteiger partial charge is 0.384 e. The first-order valence-corrected chi connectivity index (χ1v) is 13.3. The molecule has 1 aromatic carbocycles. The lowest BCUT2D eigenvalue weighted by Crippen LogP contribution is -2.31. The second-order valence-corrected chi connectivity index (χ2v) is 10.8. The van der Waals surface area contributed by atoms with Gasteiger partial charge in [0.05, 0.1) is 11.1 Å². The molecule has 4 heterocycles. The van der Waals surface area contributed by atoms with Crippen LogP contribution in [0.4, 0.5) is 21.8 Å². The van der Waals surface area contributed by atoms with Gasteiger partial charge in [-0.05, 0) is 81.8 Å². The summed E-state index contributed by atoms with van der Waals surface area (Å²) in [7, 11) is 2.25. The maximum atomic E-state index is 15.5. The molecule has 0 amide bonds. The SMILES string of the molecule is CC(CC1CCC(C)N1C)c1ccc(Nc2ncc3c(F)c(C4CC4)n(-c4cccc(N)n4)c3n2)cc1. The fourth-order valence-electron chi connectivity index (χ4n) is 5.68. The highest BCUT2D eigenvalue weighted by atomic mass is 19.1. The minimum atomic E-state index is -0.270. The van der Waals surface area contributed by atoms with Gasteiger partial charge in [0.2, 0.25) is 5.95 Å². The van der Waals surface area contributed by atoms with Crippen molar-refractivity contribution in [2.75, 3.05) is 18.1 Å². The lowest BCUT2D eigenvalue weighted by atomic mass is 9.93. The van der Waals surface area contributed by atoms with Gasteiger partial charge in [-0.25, -0.2) is 14.4 Å². The van der Waals surface area contributed by atoms with E-state index in [2.05, 4.69) is 65.3 Å². The lowest BCUT2D eigenvalue weighted by molar-refractivity contribution is 0.235. The predicted molar refractivity (Wildman–Crippen MR) is 146 cm³/mol. The molecular weight excluding hydrogens is 465 g/mol. The van der Waals surface area contributed by atoms with Gasteiger partial charge in [-0.15, -0.1) is 0 Å². The number of anilines is 3. The van der Waals surface area contributed by atoms with E-state index in [0.717, 1.165) is 24.9 Å². The maximum absolute atomic E-state index is 15.5. The molecule has 0 radical (unpaired) electrons. The number of nitrogens with two attached hydrogens (primary N) is 1. The Bertz CT molecular complexity index is 1430. The number of hydrogen-bond acceptors (Lipinski definition) is 6. The van der Waals surface area contributed by atoms with Crippen molar-refractivity contribution in [1.82, 2.24) is 24.4 Å². The van der Waals surface area contributed by atoms with Crippen molar-refractivity contribution < 1.29 is 4.39 Å². The number of fused-ring (bicyclic) bond motifs is 1. The Kier molecular flexibility index (Phi) is 6.07. The highest BCUT2D eigenvalue weighted by Gasteiger charge is 2.34. The Hall–Kier alpha value is -3.52. The number of aromatic nitrogens is 4. The average Bonchev–Trinajstić information content (AvgIpc) is 3.63. The van der Waals surface area contributed by atoms with Gasteiger partial charge < -0.3 is 16.0 Å². The number of nitrogens with zero attached hydrogens (tertiary/aromatic N) is 5. The summed E-state index contributed by atoms with van der Waals surface area (Å²) in [4.78, 5) is 16.1. The van der Waals surface area contributed by atoms with Crippen LogP contribution in [0.15, 0.2) is 48.7 Å². The quantitative estimate of drug-likeness (QED) is 0.318. The van der Waals surface area contributed by atoms with Crippen LogP contribution in [0, 0.1) is 5.82 Å². The summed E-state index contributed by atoms with van der Waals surface area (Å²) in [5.74, 6) is 1.75. The first kappa shape index (κ1) is 23.9. The normalized spacial score (nSPS) is 21.0. The number of halogens is 1. The van der Waals surface area contributed by atoms with Gasteiger partial charge in [0.1, 0.15) is 11.6 Å². The molecule has 1 saturated heterocycles. The zero-order chi connectivity index (χ0) is 25.7. The van der Waals surface area contributed by atoms with E-state index >= 15 is 4.39 Å². The molecule has 0 spiro atoms. The first-order chi connectivity index (χ1) is 17.9. The zero-order valence-corrected chi connectivity index (χ0v) is 21.7. The second-order valence-electron chi connectivity index (χ2n) is 10.8. The second kappa shape index (κ2) is 9.41. The van der Waals surface area contributed by atoms with Crippen LogP contribution < -0.4 is 11.1 Å². The molecular formula is C29H34FN7. The number of nitrogens with one attached hydrogen (secondary N) is 1. The Labute approximate surface area is 216 Å². The predicted octanol–water partition coefficient (Wildman–Crippen LogP) is 6.13. The number of benzene rings is 1. The number of hydrogen-bond donors (Lipinski definition) is 2. The molecule has 3 atom stereocenters. The third kappa shape index (κ3) is 4.55. The monoisotopic (exact) mass is 499 g/mol. The van der Waals surface area contributed by atoms with Gasteiger partial charge in [-0.3, -0.25) is 4.57 Å². The van der Waals surface area contributed by atoms with Crippen molar-refractivity contribution in [3.63, 3.8) is 0 Å². The van der Waals surface area contributed by atoms with Crippen LogP contribution in [0.2, 0.25) is 0 Å². The van der Waals surface area contributed by atoms with Crippen molar-refractivity contribution in [3.05, 3.63) is 65.7 Å². The van der Waals surface area contributed by atoms with Crippen LogP contribution in [-0.2, 0) is 0 Å². The molecule has 0 bridgehead atoms. The van der Waals surface area contributed by atoms with Crippen LogP contribution in [0.1, 0.15) is 69.0 Å². The molecule has 7 nitrogen and oxygen atoms in total. The van der Waals surface area contributed by atoms with E-state index in [-0.39, 0.29) is 11.7 Å². The molecule has 2 fully saturated rings. The van der Waals surface area contributed by atoms with E-state index < -0.39 is 0 Å². The highest BCUT2D eigenvalue weighted by molar-refractivity contribution is 5.81. The standard InChI is InChI=1S/C29H34FN7/c1-17(15-22-14-7-18(2)36(22)3)19-10-12-21(13-11-19)33-29-32-16-23-26(30)27(20-8-9-20)37(28(23)35-29)25-6-4-5-24(31)34-25/h4-6,10-13,16-18,20,22H,7-9,14-15H2,1-3H3,(H2,31,34)(H,32,33,35). The maximum Gasteiger partial charge on any atom is 0.229 e. The van der Waals surface area contributed by atoms with Crippen molar-refractivity contribution in [3.8, 4) is 5.82 Å². The zero-order valence-electron chi connectivity index (χ0n) is 21.7. The first-order valence-electron chi connectivity index (χ1n) is 13.3. The number of pyridine rings is 1. The molecule has 3 unspecified atom stereocenters. The van der Waals surface area contributed by atoms with Crippen LogP contribution >= 0.6 is 0 Å². The van der Waals surface area contributed by atoms with Crippen molar-refractivity contribution in [1.29, 1.82) is 0 Å². The molecule has 1 aliphatic heterocycles. The fraction of sp³-hybridized carbons (Fsp3) is 0.414. The molecule has 8 heteroatoms. The number of nitrogen functional groups attached to an aromatic ring is 1. The summed E-state index contributed by atoms with van der Waals surface area (Å²) in [5, 5.41) is 3.70. The molecule has 6 rings (SSSR count). The van der Waals surface area contributed by atoms with Crippen molar-refractivity contribution in [2.45, 2.75) is 69.9 Å². The van der Waals surface area contributed by atoms with E-state index in [1.807, 2.05) is 12.1 Å². The summed E-state index contributed by atoms with van der Waals surface area (Å²) < 4.78 is 17.3. The van der Waals surface area contributed by atoms with Crippen LogP contribution in [0.5, 0.6) is 0 Å². The lowest BCUT2D eigenvalue weighted by Gasteiger charge is -2.26. The molecule has 3 N–H and O–H groups in total. The van der Waals surface area contributed by atoms with Gasteiger partial charge >= 0.3 is 0 Å². The topological polar surface area (TPSA) is 84.9 Å². The smallest absolute Gasteiger partial charge is 0.229 e. The van der Waals surface area contributed by atoms with Crippen molar-refractivity contribution >= 4 is 28.5 Å². The average molecular weight is 500 g/mol. The van der Waals surface area contributed by atoms with Gasteiger partial charge in [-0.2, -0.15) is 4.98 Å². The minimum absolute atomic E-state index is 0.163. The summed E-state index contributed by atoms with van der Waals surface area (Å²) in [6, 6.07) is 15.2. The van der Waals surface area contributed by atoms with Crippen LogP contribution in [-0.4, -0.2) is 43.6 Å².